The Balaban J connectivity index is 1.79. The molecule has 1 N–H and O–H groups in total. The lowest BCUT2D eigenvalue weighted by atomic mass is 10.1. The fraction of sp³-hybridized carbons (Fsp3) is 0.360. The monoisotopic (exact) mass is 480 g/mol. The summed E-state index contributed by atoms with van der Waals surface area (Å²) in [5.74, 6) is -0.124. The normalized spacial score (nSPS) is 15.4. The van der Waals surface area contributed by atoms with E-state index >= 15 is 0 Å². The third-order valence-electron chi connectivity index (χ3n) is 5.77. The highest BCUT2D eigenvalue weighted by atomic mass is 32.2. The number of amides is 2. The van der Waals surface area contributed by atoms with Gasteiger partial charge in [-0.2, -0.15) is 5.26 Å². The number of nitrogens with one attached hydrogen (secondary N) is 1. The van der Waals surface area contributed by atoms with Crippen molar-refractivity contribution in [1.29, 1.82) is 5.26 Å². The van der Waals surface area contributed by atoms with Crippen LogP contribution in [-0.4, -0.2) is 51.5 Å². The molecule has 0 radical (unpaired) electrons. The van der Waals surface area contributed by atoms with Gasteiger partial charge in [-0.3, -0.25) is 9.59 Å². The van der Waals surface area contributed by atoms with E-state index in [0.29, 0.717) is 40.6 Å². The molecule has 9 heteroatoms. The van der Waals surface area contributed by atoms with Gasteiger partial charge in [-0.1, -0.05) is 0 Å². The summed E-state index contributed by atoms with van der Waals surface area (Å²) in [5.41, 5.74) is 3.84. The summed E-state index contributed by atoms with van der Waals surface area (Å²) in [7, 11) is 0. The lowest BCUT2D eigenvalue weighted by Crippen LogP contribution is -2.43. The van der Waals surface area contributed by atoms with Crippen molar-refractivity contribution in [2.24, 2.45) is 0 Å². The van der Waals surface area contributed by atoms with Crippen LogP contribution in [0.5, 0.6) is 0 Å². The number of hydrogen-bond acceptors (Lipinski definition) is 6. The molecular weight excluding hydrogens is 452 g/mol. The van der Waals surface area contributed by atoms with Crippen LogP contribution in [-0.2, 0) is 20.9 Å². The van der Waals surface area contributed by atoms with Crippen molar-refractivity contribution in [1.82, 2.24) is 9.47 Å². The Morgan fingerprint density at radius 2 is 1.91 bits per heavy atom. The summed E-state index contributed by atoms with van der Waals surface area (Å²) in [6.45, 7) is 8.46. The van der Waals surface area contributed by atoms with Crippen LogP contribution in [0.1, 0.15) is 46.7 Å². The summed E-state index contributed by atoms with van der Waals surface area (Å²) >= 11 is 1.50. The highest BCUT2D eigenvalue weighted by Crippen LogP contribution is 2.26. The molecule has 1 unspecified atom stereocenters. The number of benzene rings is 1. The number of anilines is 1. The topological polar surface area (TPSA) is 104 Å². The van der Waals surface area contributed by atoms with E-state index in [1.807, 2.05) is 31.4 Å². The zero-order valence-electron chi connectivity index (χ0n) is 19.8. The first-order valence-corrected chi connectivity index (χ1v) is 12.2. The van der Waals surface area contributed by atoms with Crippen molar-refractivity contribution in [2.75, 3.05) is 23.6 Å². The zero-order chi connectivity index (χ0) is 24.8. The first kappa shape index (κ1) is 25.1. The average Bonchev–Trinajstić information content (AvgIpc) is 3.41. The molecule has 1 aromatic heterocycles. The number of hydrogen-bond donors (Lipinski definition) is 1. The molecule has 1 aliphatic heterocycles. The number of aromatic nitrogens is 1. The summed E-state index contributed by atoms with van der Waals surface area (Å²) in [4.78, 5) is 40.0. The van der Waals surface area contributed by atoms with Crippen LogP contribution in [0.2, 0.25) is 0 Å². The van der Waals surface area contributed by atoms with Gasteiger partial charge in [0.05, 0.1) is 29.7 Å². The van der Waals surface area contributed by atoms with Crippen molar-refractivity contribution in [3.63, 3.8) is 0 Å². The molecule has 1 atom stereocenters. The third kappa shape index (κ3) is 5.18. The number of carbonyl (C=O) groups excluding carboxylic acids is 3. The van der Waals surface area contributed by atoms with Gasteiger partial charge in [0.25, 0.3) is 0 Å². The van der Waals surface area contributed by atoms with Gasteiger partial charge in [-0.05, 0) is 58.0 Å². The van der Waals surface area contributed by atoms with Crippen LogP contribution in [0.15, 0.2) is 30.3 Å². The van der Waals surface area contributed by atoms with E-state index in [0.717, 1.165) is 11.4 Å². The molecule has 1 aliphatic rings. The van der Waals surface area contributed by atoms with Crippen LogP contribution in [0, 0.1) is 25.2 Å². The molecule has 1 aromatic carbocycles. The maximum atomic E-state index is 13.0. The molecule has 3 rings (SSSR count). The number of ether oxygens (including phenoxy) is 1. The SMILES string of the molecule is CCOC(=O)c1c(/C=C/C(=O)N2CSCC2C(=O)Nc2ccc(C#N)cc2)c(C)n(CC)c1C. The molecular formula is C25H28N4O4S. The zero-order valence-corrected chi connectivity index (χ0v) is 20.6. The number of thioether (sulfide) groups is 1. The number of nitrogens with zero attached hydrogens (tertiary/aromatic N) is 3. The van der Waals surface area contributed by atoms with Crippen molar-refractivity contribution in [2.45, 2.75) is 40.3 Å². The van der Waals surface area contributed by atoms with Crippen LogP contribution < -0.4 is 5.32 Å². The Hall–Kier alpha value is -3.51. The molecule has 2 amide bonds. The Morgan fingerprint density at radius 1 is 1.21 bits per heavy atom. The van der Waals surface area contributed by atoms with Gasteiger partial charge in [-0.15, -0.1) is 11.8 Å². The second-order valence-corrected chi connectivity index (χ2v) is 8.76. The van der Waals surface area contributed by atoms with E-state index in [4.69, 9.17) is 10.00 Å². The smallest absolute Gasteiger partial charge is 0.340 e. The van der Waals surface area contributed by atoms with Gasteiger partial charge < -0.3 is 19.5 Å². The van der Waals surface area contributed by atoms with Crippen LogP contribution in [0.3, 0.4) is 0 Å². The van der Waals surface area contributed by atoms with Gasteiger partial charge in [-0.25, -0.2) is 4.79 Å². The maximum Gasteiger partial charge on any atom is 0.340 e. The molecule has 0 saturated carbocycles. The van der Waals surface area contributed by atoms with E-state index in [1.165, 1.54) is 22.7 Å². The largest absolute Gasteiger partial charge is 0.462 e. The molecule has 1 saturated heterocycles. The Bertz CT molecular complexity index is 1160. The van der Waals surface area contributed by atoms with Gasteiger partial charge in [0.1, 0.15) is 6.04 Å². The predicted octanol–water partition coefficient (Wildman–Crippen LogP) is 3.73. The minimum Gasteiger partial charge on any atom is -0.462 e. The molecule has 2 heterocycles. The molecule has 1 fully saturated rings. The Kier molecular flexibility index (Phi) is 8.18. The van der Waals surface area contributed by atoms with Crippen LogP contribution >= 0.6 is 11.8 Å². The highest BCUT2D eigenvalue weighted by molar-refractivity contribution is 7.99. The van der Waals surface area contributed by atoms with E-state index in [2.05, 4.69) is 5.32 Å². The van der Waals surface area contributed by atoms with Crippen molar-refractivity contribution < 1.29 is 19.1 Å². The van der Waals surface area contributed by atoms with Gasteiger partial charge >= 0.3 is 5.97 Å². The van der Waals surface area contributed by atoms with E-state index < -0.39 is 12.0 Å². The molecule has 0 aliphatic carbocycles. The second kappa shape index (κ2) is 11.1. The van der Waals surface area contributed by atoms with E-state index in [1.54, 1.807) is 37.3 Å². The Labute approximate surface area is 203 Å². The van der Waals surface area contributed by atoms with Gasteiger partial charge in [0.15, 0.2) is 0 Å². The average molecular weight is 481 g/mol. The van der Waals surface area contributed by atoms with E-state index in [9.17, 15) is 14.4 Å². The number of carbonyl (C=O) groups is 3. The second-order valence-electron chi connectivity index (χ2n) is 7.76. The molecule has 2 aromatic rings. The van der Waals surface area contributed by atoms with Gasteiger partial charge in [0, 0.05) is 41.0 Å². The lowest BCUT2D eigenvalue weighted by molar-refractivity contribution is -0.132. The van der Waals surface area contributed by atoms with Gasteiger partial charge in [0.2, 0.25) is 11.8 Å². The van der Waals surface area contributed by atoms with Crippen LogP contribution in [0.4, 0.5) is 5.69 Å². The summed E-state index contributed by atoms with van der Waals surface area (Å²) in [5, 5.41) is 11.7. The molecule has 0 bridgehead atoms. The number of esters is 1. The van der Waals surface area contributed by atoms with Crippen molar-refractivity contribution >= 4 is 41.3 Å². The fourth-order valence-electron chi connectivity index (χ4n) is 4.03. The van der Waals surface area contributed by atoms with Crippen molar-refractivity contribution in [3.8, 4) is 6.07 Å². The fourth-order valence-corrected chi connectivity index (χ4v) is 5.19. The Morgan fingerprint density at radius 3 is 2.53 bits per heavy atom. The van der Waals surface area contributed by atoms with Crippen molar-refractivity contribution in [3.05, 3.63) is 58.4 Å². The standard InChI is InChI=1S/C25H28N4O4S/c1-5-28-16(3)20(23(17(28)4)25(32)33-6-2)11-12-22(30)29-15-34-14-21(29)24(31)27-19-9-7-18(13-26)8-10-19/h7-12,21H,5-6,14-15H2,1-4H3,(H,27,31)/b12-11+. The summed E-state index contributed by atoms with van der Waals surface area (Å²) < 4.78 is 7.24. The molecule has 178 valence electrons. The summed E-state index contributed by atoms with van der Waals surface area (Å²) in [6.07, 6.45) is 3.06. The predicted molar refractivity (Wildman–Crippen MR) is 132 cm³/mol. The molecule has 0 spiro atoms. The maximum absolute atomic E-state index is 13.0. The molecule has 34 heavy (non-hydrogen) atoms. The summed E-state index contributed by atoms with van der Waals surface area (Å²) in [6, 6.07) is 7.98. The lowest BCUT2D eigenvalue weighted by Gasteiger charge is -2.21. The third-order valence-corrected chi connectivity index (χ3v) is 6.78. The number of nitriles is 1. The first-order valence-electron chi connectivity index (χ1n) is 11.1. The minimum absolute atomic E-state index is 0.262. The van der Waals surface area contributed by atoms with Crippen LogP contribution in [0.25, 0.3) is 6.08 Å². The number of rotatable bonds is 7. The molecule has 8 nitrogen and oxygen atoms in total. The minimum atomic E-state index is -0.620. The quantitative estimate of drug-likeness (QED) is 0.478. The van der Waals surface area contributed by atoms with E-state index in [-0.39, 0.29) is 18.4 Å². The highest BCUT2D eigenvalue weighted by Gasteiger charge is 2.34. The first-order chi connectivity index (χ1) is 16.3.